The molecule has 2 aromatic rings. The lowest BCUT2D eigenvalue weighted by Crippen LogP contribution is -2.43. The van der Waals surface area contributed by atoms with Gasteiger partial charge in [-0.05, 0) is 74.9 Å². The SMILES string of the molecule is O=C(COc1ccc(Cl)cc1Br)NNC(=O)c1cccc(I)c1. The van der Waals surface area contributed by atoms with Gasteiger partial charge in [-0.25, -0.2) is 0 Å². The summed E-state index contributed by atoms with van der Waals surface area (Å²) in [6, 6.07) is 12.0. The zero-order chi connectivity index (χ0) is 16.8. The molecule has 5 nitrogen and oxygen atoms in total. The fourth-order valence-corrected chi connectivity index (χ4v) is 2.94. The molecule has 120 valence electrons. The number of nitrogens with one attached hydrogen (secondary N) is 2. The Bertz CT molecular complexity index is 742. The molecule has 0 aliphatic carbocycles. The van der Waals surface area contributed by atoms with Crippen LogP contribution in [0.1, 0.15) is 10.4 Å². The van der Waals surface area contributed by atoms with Crippen LogP contribution in [-0.4, -0.2) is 18.4 Å². The van der Waals surface area contributed by atoms with Gasteiger partial charge in [-0.15, -0.1) is 0 Å². The number of hydrogen-bond acceptors (Lipinski definition) is 3. The van der Waals surface area contributed by atoms with Gasteiger partial charge in [0.25, 0.3) is 11.8 Å². The normalized spacial score (nSPS) is 10.0. The molecule has 23 heavy (non-hydrogen) atoms. The average molecular weight is 510 g/mol. The summed E-state index contributed by atoms with van der Waals surface area (Å²) in [7, 11) is 0. The van der Waals surface area contributed by atoms with E-state index < -0.39 is 11.8 Å². The summed E-state index contributed by atoms with van der Waals surface area (Å²) in [6.45, 7) is -0.243. The highest BCUT2D eigenvalue weighted by Gasteiger charge is 2.09. The van der Waals surface area contributed by atoms with Crippen molar-refractivity contribution >= 4 is 61.9 Å². The van der Waals surface area contributed by atoms with E-state index in [9.17, 15) is 9.59 Å². The zero-order valence-corrected chi connectivity index (χ0v) is 16.1. The molecule has 0 aliphatic heterocycles. The summed E-state index contributed by atoms with van der Waals surface area (Å²) < 4.78 is 6.91. The molecule has 0 heterocycles. The van der Waals surface area contributed by atoms with Gasteiger partial charge in [-0.1, -0.05) is 17.7 Å². The second kappa shape index (κ2) is 8.51. The molecule has 0 aromatic heterocycles. The fourth-order valence-electron chi connectivity index (χ4n) is 1.60. The Morgan fingerprint density at radius 3 is 2.65 bits per heavy atom. The Morgan fingerprint density at radius 2 is 1.96 bits per heavy atom. The molecule has 2 aromatic carbocycles. The number of hydrazine groups is 1. The first kappa shape index (κ1) is 18.0. The molecule has 0 saturated carbocycles. The third-order valence-corrected chi connectivity index (χ3v) is 4.18. The van der Waals surface area contributed by atoms with Gasteiger partial charge in [0, 0.05) is 14.2 Å². The van der Waals surface area contributed by atoms with Gasteiger partial charge in [-0.2, -0.15) is 0 Å². The minimum Gasteiger partial charge on any atom is -0.483 e. The summed E-state index contributed by atoms with van der Waals surface area (Å²) >= 11 is 11.2. The van der Waals surface area contributed by atoms with Crippen molar-refractivity contribution in [2.45, 2.75) is 0 Å². The van der Waals surface area contributed by atoms with Gasteiger partial charge < -0.3 is 4.74 Å². The second-order valence-electron chi connectivity index (χ2n) is 4.38. The van der Waals surface area contributed by atoms with Gasteiger partial charge in [-0.3, -0.25) is 20.4 Å². The van der Waals surface area contributed by atoms with Crippen LogP contribution in [0.2, 0.25) is 5.02 Å². The fraction of sp³-hybridized carbons (Fsp3) is 0.0667. The first-order chi connectivity index (χ1) is 11.0. The quantitative estimate of drug-likeness (QED) is 0.490. The lowest BCUT2D eigenvalue weighted by Gasteiger charge is -2.10. The molecule has 2 amide bonds. The molecule has 0 unspecified atom stereocenters. The number of amides is 2. The molecule has 8 heteroatoms. The van der Waals surface area contributed by atoms with Crippen LogP contribution in [0.15, 0.2) is 46.9 Å². The van der Waals surface area contributed by atoms with Crippen molar-refractivity contribution in [3.8, 4) is 5.75 Å². The summed E-state index contributed by atoms with van der Waals surface area (Å²) in [5, 5.41) is 0.554. The van der Waals surface area contributed by atoms with Gasteiger partial charge in [0.2, 0.25) is 0 Å². The molecule has 0 atom stereocenters. The number of rotatable bonds is 4. The Morgan fingerprint density at radius 1 is 1.17 bits per heavy atom. The Hall–Kier alpha value is -1.32. The number of carbonyl (C=O) groups excluding carboxylic acids is 2. The Balaban J connectivity index is 1.82. The van der Waals surface area contributed by atoms with Crippen molar-refractivity contribution in [3.63, 3.8) is 0 Å². The van der Waals surface area contributed by atoms with E-state index in [1.807, 2.05) is 6.07 Å². The van der Waals surface area contributed by atoms with E-state index in [4.69, 9.17) is 16.3 Å². The monoisotopic (exact) mass is 508 g/mol. The molecule has 0 bridgehead atoms. The summed E-state index contributed by atoms with van der Waals surface area (Å²) in [6.07, 6.45) is 0. The number of benzene rings is 2. The Kier molecular flexibility index (Phi) is 6.67. The van der Waals surface area contributed by atoms with Crippen molar-refractivity contribution in [3.05, 3.63) is 61.1 Å². The molecular weight excluding hydrogens is 498 g/mol. The largest absolute Gasteiger partial charge is 0.483 e. The van der Waals surface area contributed by atoms with Gasteiger partial charge >= 0.3 is 0 Å². The summed E-state index contributed by atoms with van der Waals surface area (Å²) in [5.74, 6) is -0.399. The highest BCUT2D eigenvalue weighted by Crippen LogP contribution is 2.27. The van der Waals surface area contributed by atoms with E-state index in [0.717, 1.165) is 3.57 Å². The van der Waals surface area contributed by atoms with Crippen LogP contribution < -0.4 is 15.6 Å². The van der Waals surface area contributed by atoms with E-state index in [0.29, 0.717) is 20.8 Å². The molecule has 0 spiro atoms. The average Bonchev–Trinajstić information content (AvgIpc) is 2.51. The predicted octanol–water partition coefficient (Wildman–Crippen LogP) is 3.55. The minimum absolute atomic E-state index is 0.243. The maximum absolute atomic E-state index is 11.9. The maximum atomic E-state index is 11.9. The number of hydrogen-bond donors (Lipinski definition) is 2. The van der Waals surface area contributed by atoms with E-state index >= 15 is 0 Å². The standard InChI is InChI=1S/C15H11BrClIN2O3/c16-12-7-10(17)4-5-13(12)23-8-14(21)19-20-15(22)9-2-1-3-11(18)6-9/h1-7H,8H2,(H,19,21)(H,20,22). The van der Waals surface area contributed by atoms with Crippen LogP contribution in [0.5, 0.6) is 5.75 Å². The van der Waals surface area contributed by atoms with Gasteiger partial charge in [0.15, 0.2) is 6.61 Å². The zero-order valence-electron chi connectivity index (χ0n) is 11.6. The maximum Gasteiger partial charge on any atom is 0.276 e. The molecule has 0 radical (unpaired) electrons. The van der Waals surface area contributed by atoms with Crippen molar-refractivity contribution in [1.29, 1.82) is 0 Å². The smallest absolute Gasteiger partial charge is 0.276 e. The minimum atomic E-state index is -0.481. The van der Waals surface area contributed by atoms with E-state index in [1.165, 1.54) is 0 Å². The topological polar surface area (TPSA) is 67.4 Å². The van der Waals surface area contributed by atoms with Crippen LogP contribution in [0.25, 0.3) is 0 Å². The first-order valence-electron chi connectivity index (χ1n) is 6.38. The van der Waals surface area contributed by atoms with E-state index in [-0.39, 0.29) is 6.61 Å². The molecule has 2 N–H and O–H groups in total. The van der Waals surface area contributed by atoms with Crippen molar-refractivity contribution in [2.24, 2.45) is 0 Å². The molecule has 0 fully saturated rings. The van der Waals surface area contributed by atoms with Crippen molar-refractivity contribution in [2.75, 3.05) is 6.61 Å². The third-order valence-electron chi connectivity index (χ3n) is 2.65. The highest BCUT2D eigenvalue weighted by atomic mass is 127. The van der Waals surface area contributed by atoms with Gasteiger partial charge in [0.1, 0.15) is 5.75 Å². The first-order valence-corrected chi connectivity index (χ1v) is 8.63. The van der Waals surface area contributed by atoms with Crippen LogP contribution in [-0.2, 0) is 4.79 Å². The van der Waals surface area contributed by atoms with Crippen molar-refractivity contribution < 1.29 is 14.3 Å². The van der Waals surface area contributed by atoms with Crippen molar-refractivity contribution in [1.82, 2.24) is 10.9 Å². The number of ether oxygens (including phenoxy) is 1. The lowest BCUT2D eigenvalue weighted by molar-refractivity contribution is -0.123. The van der Waals surface area contributed by atoms with Crippen LogP contribution in [0.4, 0.5) is 0 Å². The van der Waals surface area contributed by atoms with Crippen LogP contribution in [0, 0.1) is 3.57 Å². The van der Waals surface area contributed by atoms with Crippen LogP contribution in [0.3, 0.4) is 0 Å². The van der Waals surface area contributed by atoms with E-state index in [1.54, 1.807) is 36.4 Å². The molecule has 2 rings (SSSR count). The van der Waals surface area contributed by atoms with Gasteiger partial charge in [0.05, 0.1) is 4.47 Å². The van der Waals surface area contributed by atoms with Crippen LogP contribution >= 0.6 is 50.1 Å². The molecule has 0 aliphatic rings. The highest BCUT2D eigenvalue weighted by molar-refractivity contribution is 14.1. The summed E-state index contributed by atoms with van der Waals surface area (Å²) in [5.41, 5.74) is 5.08. The third kappa shape index (κ3) is 5.67. The number of halogens is 3. The number of carbonyl (C=O) groups is 2. The molecule has 0 saturated heterocycles. The Labute approximate surface area is 160 Å². The lowest BCUT2D eigenvalue weighted by atomic mass is 10.2. The predicted molar refractivity (Wildman–Crippen MR) is 99.4 cm³/mol. The summed E-state index contributed by atoms with van der Waals surface area (Å²) in [4.78, 5) is 23.6. The second-order valence-corrected chi connectivity index (χ2v) is 6.91. The molecular formula is C15H11BrClIN2O3. The van der Waals surface area contributed by atoms with E-state index in [2.05, 4.69) is 49.4 Å².